The highest BCUT2D eigenvalue weighted by atomic mass is 35.5. The van der Waals surface area contributed by atoms with Crippen molar-refractivity contribution in [3.05, 3.63) is 65.3 Å². The zero-order chi connectivity index (χ0) is 16.5. The zero-order valence-electron chi connectivity index (χ0n) is 14.0. The lowest BCUT2D eigenvalue weighted by atomic mass is 9.81. The molecule has 1 fully saturated rings. The Morgan fingerprint density at radius 3 is 2.62 bits per heavy atom. The molecule has 0 N–H and O–H groups in total. The molecule has 1 aromatic heterocycles. The maximum absolute atomic E-state index is 6.02. The van der Waals surface area contributed by atoms with Gasteiger partial charge in [0, 0.05) is 23.5 Å². The Hall–Kier alpha value is -1.74. The van der Waals surface area contributed by atoms with Gasteiger partial charge in [-0.2, -0.15) is 0 Å². The van der Waals surface area contributed by atoms with Gasteiger partial charge in [-0.3, -0.25) is 0 Å². The van der Waals surface area contributed by atoms with Crippen LogP contribution in [0.15, 0.2) is 49.1 Å². The van der Waals surface area contributed by atoms with E-state index in [1.54, 1.807) is 0 Å². The monoisotopic (exact) mass is 341 g/mol. The molecule has 2 heterocycles. The second-order valence-electron chi connectivity index (χ2n) is 7.11. The summed E-state index contributed by atoms with van der Waals surface area (Å²) in [6, 6.07) is 8.51. The largest absolute Gasteiger partial charge is 0.363 e. The Balaban J connectivity index is 1.60. The van der Waals surface area contributed by atoms with Crippen molar-refractivity contribution in [1.29, 1.82) is 0 Å². The molecule has 1 aliphatic carbocycles. The first kappa shape index (κ1) is 15.8. The second-order valence-corrected chi connectivity index (χ2v) is 7.55. The van der Waals surface area contributed by atoms with Gasteiger partial charge in [0.2, 0.25) is 0 Å². The molecule has 2 aromatic rings. The Morgan fingerprint density at radius 1 is 1.12 bits per heavy atom. The lowest BCUT2D eigenvalue weighted by Gasteiger charge is -2.42. The van der Waals surface area contributed by atoms with E-state index in [4.69, 9.17) is 11.6 Å². The average Bonchev–Trinajstić information content (AvgIpc) is 3.06. The van der Waals surface area contributed by atoms with Crippen molar-refractivity contribution in [2.24, 2.45) is 5.92 Å². The van der Waals surface area contributed by atoms with Crippen LogP contribution in [-0.2, 0) is 13.1 Å². The fourth-order valence-electron chi connectivity index (χ4n) is 4.27. The number of halogens is 1. The molecule has 1 saturated carbocycles. The summed E-state index contributed by atoms with van der Waals surface area (Å²) in [4.78, 5) is 6.83. The first-order chi connectivity index (χ1) is 11.7. The van der Waals surface area contributed by atoms with Crippen molar-refractivity contribution < 1.29 is 0 Å². The number of allylic oxidation sites excluding steroid dienone is 1. The van der Waals surface area contributed by atoms with E-state index in [2.05, 4.69) is 33.2 Å². The summed E-state index contributed by atoms with van der Waals surface area (Å²) < 4.78 is 2.37. The molecule has 4 heteroatoms. The molecule has 1 aliphatic heterocycles. The summed E-state index contributed by atoms with van der Waals surface area (Å²) in [7, 11) is 0. The Labute approximate surface area is 149 Å². The molecule has 3 nitrogen and oxygen atoms in total. The third-order valence-electron chi connectivity index (χ3n) is 5.53. The van der Waals surface area contributed by atoms with Gasteiger partial charge in [0.25, 0.3) is 0 Å². The van der Waals surface area contributed by atoms with Crippen LogP contribution in [-0.4, -0.2) is 14.5 Å². The lowest BCUT2D eigenvalue weighted by molar-refractivity contribution is 0.179. The summed E-state index contributed by atoms with van der Waals surface area (Å²) >= 11 is 6.02. The Morgan fingerprint density at radius 2 is 1.88 bits per heavy atom. The Bertz CT molecular complexity index is 713. The molecule has 0 bridgehead atoms. The van der Waals surface area contributed by atoms with Crippen molar-refractivity contribution in [1.82, 2.24) is 14.5 Å². The van der Waals surface area contributed by atoms with E-state index < -0.39 is 0 Å². The molecule has 0 amide bonds. The van der Waals surface area contributed by atoms with Gasteiger partial charge in [0.05, 0.1) is 24.6 Å². The predicted octanol–water partition coefficient (Wildman–Crippen LogP) is 5.19. The number of rotatable bonds is 3. The second kappa shape index (κ2) is 6.64. The third-order valence-corrected chi connectivity index (χ3v) is 5.78. The number of hydrogen-bond acceptors (Lipinski definition) is 2. The van der Waals surface area contributed by atoms with Gasteiger partial charge < -0.3 is 9.47 Å². The minimum atomic E-state index is 0.365. The number of hydrogen-bond donors (Lipinski definition) is 0. The number of benzene rings is 1. The highest BCUT2D eigenvalue weighted by Crippen LogP contribution is 2.41. The number of aromatic nitrogens is 2. The van der Waals surface area contributed by atoms with E-state index in [-0.39, 0.29) is 0 Å². The van der Waals surface area contributed by atoms with Gasteiger partial charge in [0.15, 0.2) is 0 Å². The van der Waals surface area contributed by atoms with Crippen LogP contribution in [0.5, 0.6) is 0 Å². The molecule has 1 aromatic carbocycles. The van der Waals surface area contributed by atoms with Crippen molar-refractivity contribution in [2.45, 2.75) is 51.2 Å². The van der Waals surface area contributed by atoms with Crippen LogP contribution in [0.1, 0.15) is 49.4 Å². The maximum atomic E-state index is 6.02. The molecule has 4 rings (SSSR count). The predicted molar refractivity (Wildman–Crippen MR) is 97.7 cm³/mol. The molecule has 1 atom stereocenters. The number of nitrogens with zero attached hydrogens (tertiary/aromatic N) is 3. The summed E-state index contributed by atoms with van der Waals surface area (Å²) in [6.45, 7) is 6.25. The smallest absolute Gasteiger partial charge is 0.0955 e. The van der Waals surface area contributed by atoms with Crippen LogP contribution >= 0.6 is 11.6 Å². The standard InChI is InChI=1S/C20H24ClN3/c1-15-20(17-5-3-2-4-6-17)24-14-22-11-19(24)13-23(15)12-16-7-9-18(21)10-8-16/h7-11,14,17,20H,1-6,12-13H2. The van der Waals surface area contributed by atoms with Crippen molar-refractivity contribution in [3.63, 3.8) is 0 Å². The normalized spacial score (nSPS) is 21.8. The maximum Gasteiger partial charge on any atom is 0.0955 e. The first-order valence-corrected chi connectivity index (χ1v) is 9.29. The van der Waals surface area contributed by atoms with Crippen LogP contribution in [0.2, 0.25) is 5.02 Å². The minimum Gasteiger partial charge on any atom is -0.363 e. The first-order valence-electron chi connectivity index (χ1n) is 8.91. The van der Waals surface area contributed by atoms with E-state index in [0.29, 0.717) is 12.0 Å². The van der Waals surface area contributed by atoms with Crippen LogP contribution in [0, 0.1) is 5.92 Å². The third kappa shape index (κ3) is 2.98. The Kier molecular flexibility index (Phi) is 4.36. The van der Waals surface area contributed by atoms with Crippen molar-refractivity contribution >= 4 is 11.6 Å². The van der Waals surface area contributed by atoms with Gasteiger partial charge in [-0.25, -0.2) is 4.98 Å². The lowest BCUT2D eigenvalue weighted by Crippen LogP contribution is -2.37. The topological polar surface area (TPSA) is 21.1 Å². The quantitative estimate of drug-likeness (QED) is 0.766. The van der Waals surface area contributed by atoms with Gasteiger partial charge in [-0.1, -0.05) is 49.6 Å². The van der Waals surface area contributed by atoms with Gasteiger partial charge in [-0.05, 0) is 36.5 Å². The van der Waals surface area contributed by atoms with Gasteiger partial charge in [0.1, 0.15) is 0 Å². The zero-order valence-corrected chi connectivity index (χ0v) is 14.8. The van der Waals surface area contributed by atoms with E-state index in [0.717, 1.165) is 18.1 Å². The molecular weight excluding hydrogens is 318 g/mol. The van der Waals surface area contributed by atoms with Crippen LogP contribution < -0.4 is 0 Å². The summed E-state index contributed by atoms with van der Waals surface area (Å²) in [6.07, 6.45) is 10.7. The van der Waals surface area contributed by atoms with Crippen LogP contribution in [0.4, 0.5) is 0 Å². The van der Waals surface area contributed by atoms with Crippen molar-refractivity contribution in [2.75, 3.05) is 0 Å². The molecular formula is C20H24ClN3. The minimum absolute atomic E-state index is 0.365. The highest BCUT2D eigenvalue weighted by molar-refractivity contribution is 6.30. The van der Waals surface area contributed by atoms with E-state index in [9.17, 15) is 0 Å². The molecule has 0 radical (unpaired) electrons. The van der Waals surface area contributed by atoms with Crippen molar-refractivity contribution in [3.8, 4) is 0 Å². The van der Waals surface area contributed by atoms with E-state index >= 15 is 0 Å². The van der Waals surface area contributed by atoms with E-state index in [1.807, 2.05) is 24.7 Å². The van der Waals surface area contributed by atoms with Gasteiger partial charge >= 0.3 is 0 Å². The molecule has 1 unspecified atom stereocenters. The summed E-state index contributed by atoms with van der Waals surface area (Å²) in [5.74, 6) is 0.687. The van der Waals surface area contributed by atoms with Gasteiger partial charge in [-0.15, -0.1) is 0 Å². The van der Waals surface area contributed by atoms with E-state index in [1.165, 1.54) is 49.1 Å². The molecule has 2 aliphatic rings. The summed E-state index contributed by atoms with van der Waals surface area (Å²) in [5, 5.41) is 0.786. The molecule has 0 saturated heterocycles. The SMILES string of the molecule is C=C1C(C2CCCCC2)n2cncc2CN1Cc1ccc(Cl)cc1. The number of fused-ring (bicyclic) bond motifs is 1. The average molecular weight is 342 g/mol. The molecule has 0 spiro atoms. The fraction of sp³-hybridized carbons (Fsp3) is 0.450. The fourth-order valence-corrected chi connectivity index (χ4v) is 4.39. The van der Waals surface area contributed by atoms with Crippen LogP contribution in [0.25, 0.3) is 0 Å². The number of imidazole rings is 1. The molecule has 126 valence electrons. The molecule has 24 heavy (non-hydrogen) atoms. The van der Waals surface area contributed by atoms with Crippen LogP contribution in [0.3, 0.4) is 0 Å². The summed E-state index contributed by atoms with van der Waals surface area (Å²) in [5.41, 5.74) is 3.81. The highest BCUT2D eigenvalue weighted by Gasteiger charge is 2.34.